The maximum Gasteiger partial charge on any atom is 0.241 e. The van der Waals surface area contributed by atoms with Crippen LogP contribution in [0.4, 0.5) is 10.1 Å². The summed E-state index contributed by atoms with van der Waals surface area (Å²) in [6.45, 7) is 4.70. The predicted octanol–water partition coefficient (Wildman–Crippen LogP) is 2.50. The van der Waals surface area contributed by atoms with Crippen LogP contribution in [0, 0.1) is 19.7 Å². The summed E-state index contributed by atoms with van der Waals surface area (Å²) in [5.74, 6) is -0.306. The van der Waals surface area contributed by atoms with Gasteiger partial charge in [-0.1, -0.05) is 18.2 Å². The van der Waals surface area contributed by atoms with Gasteiger partial charge in [-0.3, -0.25) is 9.69 Å². The van der Waals surface area contributed by atoms with E-state index in [-0.39, 0.29) is 41.9 Å². The molecule has 0 N–H and O–H groups in total. The summed E-state index contributed by atoms with van der Waals surface area (Å²) in [5, 5.41) is 0. The Morgan fingerprint density at radius 1 is 1.00 bits per heavy atom. The van der Waals surface area contributed by atoms with Crippen molar-refractivity contribution in [3.05, 3.63) is 65.0 Å². The lowest BCUT2D eigenvalue weighted by Gasteiger charge is -2.43. The molecule has 2 atom stereocenters. The molecule has 0 radical (unpaired) electrons. The third kappa shape index (κ3) is 4.21. The molecule has 2 unspecified atom stereocenters. The fraction of sp³-hybridized carbons (Fsp3) is 0.409. The van der Waals surface area contributed by atoms with E-state index < -0.39 is 9.84 Å². The lowest BCUT2D eigenvalue weighted by molar-refractivity contribution is -0.123. The minimum Gasteiger partial charge on any atom is -0.306 e. The molecule has 0 aliphatic carbocycles. The van der Waals surface area contributed by atoms with E-state index in [1.165, 1.54) is 12.1 Å². The maximum atomic E-state index is 13.1. The first-order valence-corrected chi connectivity index (χ1v) is 11.6. The molecule has 2 aliphatic heterocycles. The van der Waals surface area contributed by atoms with Crippen LogP contribution in [-0.2, 0) is 21.1 Å². The number of halogens is 1. The zero-order chi connectivity index (χ0) is 20.8. The van der Waals surface area contributed by atoms with E-state index in [4.69, 9.17) is 0 Å². The van der Waals surface area contributed by atoms with Gasteiger partial charge < -0.3 is 4.90 Å². The molecule has 154 valence electrons. The highest BCUT2D eigenvalue weighted by Gasteiger charge is 2.49. The summed E-state index contributed by atoms with van der Waals surface area (Å²) < 4.78 is 38.1. The third-order valence-corrected chi connectivity index (χ3v) is 7.49. The van der Waals surface area contributed by atoms with E-state index in [9.17, 15) is 17.6 Å². The van der Waals surface area contributed by atoms with Crippen molar-refractivity contribution < 1.29 is 17.6 Å². The second-order valence-electron chi connectivity index (χ2n) is 8.17. The fourth-order valence-corrected chi connectivity index (χ4v) is 6.53. The number of hydrogen-bond donors (Lipinski definition) is 0. The number of rotatable bonds is 4. The van der Waals surface area contributed by atoms with Gasteiger partial charge in [0.15, 0.2) is 9.84 Å². The smallest absolute Gasteiger partial charge is 0.241 e. The van der Waals surface area contributed by atoms with Crippen LogP contribution in [0.3, 0.4) is 0 Å². The first-order chi connectivity index (χ1) is 13.7. The van der Waals surface area contributed by atoms with Crippen LogP contribution in [0.25, 0.3) is 0 Å². The summed E-state index contributed by atoms with van der Waals surface area (Å²) in [6.07, 6.45) is 0.639. The monoisotopic (exact) mass is 416 g/mol. The molecule has 2 aromatic carbocycles. The Hall–Kier alpha value is -2.25. The van der Waals surface area contributed by atoms with Crippen LogP contribution in [0.5, 0.6) is 0 Å². The number of benzene rings is 2. The van der Waals surface area contributed by atoms with Gasteiger partial charge in [0.2, 0.25) is 5.91 Å². The van der Waals surface area contributed by atoms with Gasteiger partial charge in [0.25, 0.3) is 0 Å². The van der Waals surface area contributed by atoms with Gasteiger partial charge >= 0.3 is 0 Å². The standard InChI is InChI=1S/C22H25FN2O3S/c1-15-9-16(2)11-19(10-15)25-21-14-29(27,28)13-20(21)24(12-22(25)26)8-7-17-3-5-18(23)6-4-17/h3-6,9-11,20-21H,7-8,12-14H2,1-2H3. The van der Waals surface area contributed by atoms with Gasteiger partial charge in [-0.25, -0.2) is 12.8 Å². The Bertz CT molecular complexity index is 1020. The van der Waals surface area contributed by atoms with Crippen molar-refractivity contribution in [1.29, 1.82) is 0 Å². The molecule has 4 rings (SSSR count). The summed E-state index contributed by atoms with van der Waals surface area (Å²) in [4.78, 5) is 16.8. The number of aryl methyl sites for hydroxylation is 2. The second-order valence-corrected chi connectivity index (χ2v) is 10.3. The predicted molar refractivity (Wildman–Crippen MR) is 111 cm³/mol. The molecule has 0 spiro atoms. The summed E-state index contributed by atoms with van der Waals surface area (Å²) >= 11 is 0. The maximum absolute atomic E-state index is 13.1. The summed E-state index contributed by atoms with van der Waals surface area (Å²) in [5.41, 5.74) is 3.83. The number of anilines is 1. The Balaban J connectivity index is 1.60. The zero-order valence-corrected chi connectivity index (χ0v) is 17.5. The molecule has 7 heteroatoms. The number of hydrogen-bond acceptors (Lipinski definition) is 4. The average Bonchev–Trinajstić information content (AvgIpc) is 2.95. The summed E-state index contributed by atoms with van der Waals surface area (Å²) in [7, 11) is -3.22. The van der Waals surface area contributed by atoms with Gasteiger partial charge in [-0.05, 0) is 61.2 Å². The molecule has 2 aliphatic rings. The number of amides is 1. The lowest BCUT2D eigenvalue weighted by Crippen LogP contribution is -2.62. The van der Waals surface area contributed by atoms with Crippen LogP contribution in [0.1, 0.15) is 16.7 Å². The molecular formula is C22H25FN2O3S. The largest absolute Gasteiger partial charge is 0.306 e. The molecular weight excluding hydrogens is 391 g/mol. The van der Waals surface area contributed by atoms with Gasteiger partial charge in [-0.2, -0.15) is 0 Å². The van der Waals surface area contributed by atoms with E-state index in [1.54, 1.807) is 17.0 Å². The van der Waals surface area contributed by atoms with Crippen molar-refractivity contribution in [2.75, 3.05) is 29.5 Å². The van der Waals surface area contributed by atoms with E-state index >= 15 is 0 Å². The molecule has 2 saturated heterocycles. The SMILES string of the molecule is Cc1cc(C)cc(N2C(=O)CN(CCc3ccc(F)cc3)C3CS(=O)(=O)CC32)c1. The highest BCUT2D eigenvalue weighted by molar-refractivity contribution is 7.91. The number of sulfone groups is 1. The van der Waals surface area contributed by atoms with Crippen molar-refractivity contribution in [2.24, 2.45) is 0 Å². The highest BCUT2D eigenvalue weighted by atomic mass is 32.2. The van der Waals surface area contributed by atoms with E-state index in [0.29, 0.717) is 13.0 Å². The van der Waals surface area contributed by atoms with Gasteiger partial charge in [0, 0.05) is 18.3 Å². The number of nitrogens with zero attached hydrogens (tertiary/aromatic N) is 2. The van der Waals surface area contributed by atoms with Crippen molar-refractivity contribution in [3.63, 3.8) is 0 Å². The Morgan fingerprint density at radius 3 is 2.28 bits per heavy atom. The lowest BCUT2D eigenvalue weighted by atomic mass is 10.0. The van der Waals surface area contributed by atoms with Gasteiger partial charge in [0.05, 0.1) is 24.1 Å². The minimum absolute atomic E-state index is 0.0105. The number of piperazine rings is 1. The highest BCUT2D eigenvalue weighted by Crippen LogP contribution is 2.32. The molecule has 0 aromatic heterocycles. The van der Waals surface area contributed by atoms with E-state index in [0.717, 1.165) is 22.4 Å². The van der Waals surface area contributed by atoms with Gasteiger partial charge in [-0.15, -0.1) is 0 Å². The molecule has 2 aromatic rings. The number of fused-ring (bicyclic) bond motifs is 1. The Morgan fingerprint density at radius 2 is 1.62 bits per heavy atom. The fourth-order valence-electron chi connectivity index (χ4n) is 4.55. The first-order valence-electron chi connectivity index (χ1n) is 9.81. The van der Waals surface area contributed by atoms with E-state index in [1.807, 2.05) is 36.9 Å². The topological polar surface area (TPSA) is 57.7 Å². The van der Waals surface area contributed by atoms with Crippen LogP contribution in [0.2, 0.25) is 0 Å². The number of carbonyl (C=O) groups excluding carboxylic acids is 1. The third-order valence-electron chi connectivity index (χ3n) is 5.79. The molecule has 29 heavy (non-hydrogen) atoms. The molecule has 5 nitrogen and oxygen atoms in total. The molecule has 2 fully saturated rings. The molecule has 0 bridgehead atoms. The van der Waals surface area contributed by atoms with Crippen LogP contribution >= 0.6 is 0 Å². The van der Waals surface area contributed by atoms with Crippen LogP contribution in [0.15, 0.2) is 42.5 Å². The zero-order valence-electron chi connectivity index (χ0n) is 16.6. The van der Waals surface area contributed by atoms with Crippen LogP contribution in [-0.4, -0.2) is 55.9 Å². The van der Waals surface area contributed by atoms with E-state index in [2.05, 4.69) is 0 Å². The normalized spacial score (nSPS) is 24.0. The summed E-state index contributed by atoms with van der Waals surface area (Å²) in [6, 6.07) is 11.6. The van der Waals surface area contributed by atoms with Gasteiger partial charge in [0.1, 0.15) is 5.82 Å². The van der Waals surface area contributed by atoms with Crippen LogP contribution < -0.4 is 4.90 Å². The van der Waals surface area contributed by atoms with Crippen molar-refractivity contribution >= 4 is 21.4 Å². The average molecular weight is 417 g/mol. The quantitative estimate of drug-likeness (QED) is 0.769. The molecule has 1 amide bonds. The van der Waals surface area contributed by atoms with Crippen molar-refractivity contribution in [1.82, 2.24) is 4.90 Å². The Labute approximate surface area is 171 Å². The van der Waals surface area contributed by atoms with Crippen molar-refractivity contribution in [3.8, 4) is 0 Å². The van der Waals surface area contributed by atoms with Crippen molar-refractivity contribution in [2.45, 2.75) is 32.4 Å². The second kappa shape index (κ2) is 7.54. The molecule has 0 saturated carbocycles. The molecule has 2 heterocycles. The minimum atomic E-state index is -3.22. The number of carbonyl (C=O) groups is 1. The first kappa shape index (κ1) is 20.0. The Kier molecular flexibility index (Phi) is 5.21.